The molecule has 0 spiro atoms. The van der Waals surface area contributed by atoms with Gasteiger partial charge >= 0.3 is 0 Å². The fourth-order valence-corrected chi connectivity index (χ4v) is 3.66. The third-order valence-electron chi connectivity index (χ3n) is 5.33. The molecule has 156 valence electrons. The van der Waals surface area contributed by atoms with Crippen LogP contribution in [0.4, 0.5) is 4.39 Å². The number of hydrogen-bond donors (Lipinski definition) is 0. The maximum absolute atomic E-state index is 13.1. The van der Waals surface area contributed by atoms with Crippen LogP contribution in [-0.2, 0) is 6.54 Å². The average molecular weight is 408 g/mol. The second kappa shape index (κ2) is 8.71. The molecule has 1 aromatic heterocycles. The number of nitrogens with zero attached hydrogens (tertiary/aromatic N) is 6. The molecule has 2 heterocycles. The van der Waals surface area contributed by atoms with Gasteiger partial charge in [0, 0.05) is 43.9 Å². The molecule has 1 saturated heterocycles. The van der Waals surface area contributed by atoms with Crippen LogP contribution in [0.2, 0.25) is 0 Å². The molecule has 3 aromatic rings. The number of hydrogen-bond acceptors (Lipinski definition) is 5. The van der Waals surface area contributed by atoms with Gasteiger partial charge in [0.15, 0.2) is 5.82 Å². The van der Waals surface area contributed by atoms with Crippen molar-refractivity contribution < 1.29 is 9.18 Å². The van der Waals surface area contributed by atoms with Gasteiger partial charge in [-0.1, -0.05) is 24.3 Å². The van der Waals surface area contributed by atoms with E-state index in [4.69, 9.17) is 0 Å². The molecule has 0 saturated carbocycles. The number of amides is 1. The summed E-state index contributed by atoms with van der Waals surface area (Å²) < 4.78 is 14.8. The molecule has 8 heteroatoms. The summed E-state index contributed by atoms with van der Waals surface area (Å²) in [6.07, 6.45) is 0. The predicted octanol–water partition coefficient (Wildman–Crippen LogP) is 3.02. The van der Waals surface area contributed by atoms with Crippen molar-refractivity contribution in [3.05, 3.63) is 65.5 Å². The zero-order valence-corrected chi connectivity index (χ0v) is 17.2. The first-order valence-electron chi connectivity index (χ1n) is 10.2. The van der Waals surface area contributed by atoms with Gasteiger partial charge in [-0.3, -0.25) is 9.69 Å². The number of tetrazole rings is 1. The lowest BCUT2D eigenvalue weighted by molar-refractivity contribution is 0.0628. The van der Waals surface area contributed by atoms with E-state index in [1.165, 1.54) is 12.1 Å². The molecule has 0 aliphatic carbocycles. The van der Waals surface area contributed by atoms with E-state index < -0.39 is 0 Å². The molecule has 1 aliphatic heterocycles. The van der Waals surface area contributed by atoms with Gasteiger partial charge in [0.1, 0.15) is 5.82 Å². The van der Waals surface area contributed by atoms with Crippen LogP contribution in [0.5, 0.6) is 0 Å². The van der Waals surface area contributed by atoms with Gasteiger partial charge in [0.25, 0.3) is 5.91 Å². The molecular weight excluding hydrogens is 383 g/mol. The highest BCUT2D eigenvalue weighted by atomic mass is 19.1. The number of piperazine rings is 1. The fraction of sp³-hybridized carbons (Fsp3) is 0.364. The number of aromatic nitrogens is 4. The Morgan fingerprint density at radius 1 is 1.07 bits per heavy atom. The van der Waals surface area contributed by atoms with Gasteiger partial charge in [0.2, 0.25) is 0 Å². The SMILES string of the molecule is CC(C)n1nnnc1-c1cccc(C(=O)N2CCN(Cc3ccc(F)cc3)CC2)c1. The molecule has 2 aromatic carbocycles. The third-order valence-corrected chi connectivity index (χ3v) is 5.33. The zero-order chi connectivity index (χ0) is 21.1. The van der Waals surface area contributed by atoms with Gasteiger partial charge in [-0.15, -0.1) is 5.10 Å². The van der Waals surface area contributed by atoms with E-state index in [2.05, 4.69) is 20.4 Å². The van der Waals surface area contributed by atoms with E-state index >= 15 is 0 Å². The summed E-state index contributed by atoms with van der Waals surface area (Å²) >= 11 is 0. The molecule has 0 bridgehead atoms. The normalized spacial score (nSPS) is 15.0. The van der Waals surface area contributed by atoms with Crippen LogP contribution in [0.1, 0.15) is 35.8 Å². The van der Waals surface area contributed by atoms with E-state index in [1.807, 2.05) is 55.1 Å². The molecule has 0 atom stereocenters. The first-order chi connectivity index (χ1) is 14.5. The second-order valence-corrected chi connectivity index (χ2v) is 7.82. The highest BCUT2D eigenvalue weighted by Crippen LogP contribution is 2.21. The van der Waals surface area contributed by atoms with Gasteiger partial charge in [-0.25, -0.2) is 9.07 Å². The van der Waals surface area contributed by atoms with Crippen LogP contribution in [0.25, 0.3) is 11.4 Å². The number of carbonyl (C=O) groups excluding carboxylic acids is 1. The Morgan fingerprint density at radius 3 is 2.50 bits per heavy atom. The lowest BCUT2D eigenvalue weighted by atomic mass is 10.1. The molecule has 0 unspecified atom stereocenters. The van der Waals surface area contributed by atoms with Crippen LogP contribution in [0, 0.1) is 5.82 Å². The number of halogens is 1. The predicted molar refractivity (Wildman–Crippen MR) is 111 cm³/mol. The van der Waals surface area contributed by atoms with Crippen LogP contribution in [0.3, 0.4) is 0 Å². The Bertz CT molecular complexity index is 1010. The van der Waals surface area contributed by atoms with Crippen molar-refractivity contribution in [2.75, 3.05) is 26.2 Å². The minimum atomic E-state index is -0.223. The first kappa shape index (κ1) is 20.2. The van der Waals surface area contributed by atoms with Crippen molar-refractivity contribution in [2.45, 2.75) is 26.4 Å². The van der Waals surface area contributed by atoms with Crippen molar-refractivity contribution in [1.29, 1.82) is 0 Å². The number of benzene rings is 2. The van der Waals surface area contributed by atoms with E-state index in [-0.39, 0.29) is 17.8 Å². The summed E-state index contributed by atoms with van der Waals surface area (Å²) in [5.74, 6) is 0.449. The molecule has 4 rings (SSSR count). The standard InChI is InChI=1S/C22H25FN6O/c1-16(2)29-21(24-25-26-29)18-4-3-5-19(14-18)22(30)28-12-10-27(11-13-28)15-17-6-8-20(23)9-7-17/h3-9,14,16H,10-13,15H2,1-2H3. The van der Waals surface area contributed by atoms with Crippen molar-refractivity contribution in [3.8, 4) is 11.4 Å². The topological polar surface area (TPSA) is 67.2 Å². The smallest absolute Gasteiger partial charge is 0.253 e. The maximum atomic E-state index is 13.1. The highest BCUT2D eigenvalue weighted by Gasteiger charge is 2.23. The Morgan fingerprint density at radius 2 is 1.80 bits per heavy atom. The second-order valence-electron chi connectivity index (χ2n) is 7.82. The number of rotatable bonds is 5. The van der Waals surface area contributed by atoms with Gasteiger partial charge in [-0.05, 0) is 54.1 Å². The lowest BCUT2D eigenvalue weighted by Gasteiger charge is -2.34. The Hall–Kier alpha value is -3.13. The minimum absolute atomic E-state index is 0.0156. The minimum Gasteiger partial charge on any atom is -0.336 e. The summed E-state index contributed by atoms with van der Waals surface area (Å²) in [5.41, 5.74) is 2.54. The van der Waals surface area contributed by atoms with E-state index in [0.29, 0.717) is 24.5 Å². The molecule has 1 aliphatic rings. The van der Waals surface area contributed by atoms with Crippen molar-refractivity contribution >= 4 is 5.91 Å². The summed E-state index contributed by atoms with van der Waals surface area (Å²) in [4.78, 5) is 17.2. The van der Waals surface area contributed by atoms with E-state index in [1.54, 1.807) is 4.68 Å². The molecule has 30 heavy (non-hydrogen) atoms. The highest BCUT2D eigenvalue weighted by molar-refractivity contribution is 5.95. The summed E-state index contributed by atoms with van der Waals surface area (Å²) in [7, 11) is 0. The van der Waals surface area contributed by atoms with Gasteiger partial charge in [0.05, 0.1) is 6.04 Å². The summed E-state index contributed by atoms with van der Waals surface area (Å²) in [6, 6.07) is 14.2. The van der Waals surface area contributed by atoms with Crippen LogP contribution >= 0.6 is 0 Å². The molecule has 1 amide bonds. The average Bonchev–Trinajstić information content (AvgIpc) is 3.26. The van der Waals surface area contributed by atoms with Gasteiger partial charge in [-0.2, -0.15) is 0 Å². The summed E-state index contributed by atoms with van der Waals surface area (Å²) in [5, 5.41) is 11.9. The quantitative estimate of drug-likeness (QED) is 0.649. The third kappa shape index (κ3) is 4.38. The van der Waals surface area contributed by atoms with E-state index in [0.717, 1.165) is 30.8 Å². The van der Waals surface area contributed by atoms with Crippen molar-refractivity contribution in [2.24, 2.45) is 0 Å². The summed E-state index contributed by atoms with van der Waals surface area (Å²) in [6.45, 7) is 7.68. The van der Waals surface area contributed by atoms with Crippen molar-refractivity contribution in [1.82, 2.24) is 30.0 Å². The zero-order valence-electron chi connectivity index (χ0n) is 17.2. The molecule has 1 fully saturated rings. The first-order valence-corrected chi connectivity index (χ1v) is 10.2. The van der Waals surface area contributed by atoms with Crippen LogP contribution in [-0.4, -0.2) is 62.1 Å². The molecule has 0 radical (unpaired) electrons. The van der Waals surface area contributed by atoms with E-state index in [9.17, 15) is 9.18 Å². The number of carbonyl (C=O) groups is 1. The van der Waals surface area contributed by atoms with Crippen LogP contribution < -0.4 is 0 Å². The van der Waals surface area contributed by atoms with Crippen molar-refractivity contribution in [3.63, 3.8) is 0 Å². The molecular formula is C22H25FN6O. The van der Waals surface area contributed by atoms with Crippen LogP contribution in [0.15, 0.2) is 48.5 Å². The fourth-order valence-electron chi connectivity index (χ4n) is 3.66. The monoisotopic (exact) mass is 408 g/mol. The largest absolute Gasteiger partial charge is 0.336 e. The Balaban J connectivity index is 1.41. The Labute approximate surface area is 175 Å². The maximum Gasteiger partial charge on any atom is 0.253 e. The Kier molecular flexibility index (Phi) is 5.85. The lowest BCUT2D eigenvalue weighted by Crippen LogP contribution is -2.48. The molecule has 0 N–H and O–H groups in total. The van der Waals surface area contributed by atoms with Gasteiger partial charge < -0.3 is 4.90 Å². The molecule has 7 nitrogen and oxygen atoms in total.